The Morgan fingerprint density at radius 3 is 2.68 bits per heavy atom. The zero-order valence-electron chi connectivity index (χ0n) is 11.0. The molecule has 0 aromatic heterocycles. The highest BCUT2D eigenvalue weighted by Crippen LogP contribution is 2.32. The monoisotopic (exact) mass is 282 g/mol. The summed E-state index contributed by atoms with van der Waals surface area (Å²) in [5.74, 6) is -0.362. The largest absolute Gasteiger partial charge is 0.389 e. The maximum Gasteiger partial charge on any atom is 0.124 e. The minimum absolute atomic E-state index is 0.166. The first-order valence-corrected chi connectivity index (χ1v) is 6.85. The fraction of sp³-hybridized carbons (Fsp3) is 0.500. The summed E-state index contributed by atoms with van der Waals surface area (Å²) in [6.45, 7) is 0.508. The van der Waals surface area contributed by atoms with Gasteiger partial charge in [-0.05, 0) is 31.0 Å². The van der Waals surface area contributed by atoms with Crippen LogP contribution in [-0.2, 0) is 0 Å². The van der Waals surface area contributed by atoms with Crippen molar-refractivity contribution in [3.63, 3.8) is 0 Å². The van der Waals surface area contributed by atoms with Crippen molar-refractivity contribution in [1.29, 1.82) is 0 Å². The van der Waals surface area contributed by atoms with E-state index >= 15 is 0 Å². The zero-order chi connectivity index (χ0) is 14.0. The van der Waals surface area contributed by atoms with Gasteiger partial charge in [-0.2, -0.15) is 0 Å². The minimum atomic E-state index is -0.656. The summed E-state index contributed by atoms with van der Waals surface area (Å²) < 4.78 is 13.3. The molecule has 0 radical (unpaired) electrons. The van der Waals surface area contributed by atoms with E-state index in [2.05, 4.69) is 0 Å². The molecule has 0 unspecified atom stereocenters. The van der Waals surface area contributed by atoms with E-state index in [0.717, 1.165) is 31.4 Å². The van der Waals surface area contributed by atoms with Gasteiger partial charge >= 0.3 is 0 Å². The third-order valence-electron chi connectivity index (χ3n) is 3.70. The molecule has 0 bridgehead atoms. The molecule has 1 aliphatic rings. The maximum atomic E-state index is 13.3. The van der Waals surface area contributed by atoms with Gasteiger partial charge in [0, 0.05) is 24.8 Å². The topological polar surface area (TPSA) is 49.5 Å². The normalized spacial score (nSPS) is 17.4. The molecule has 0 heterocycles. The Kier molecular flexibility index (Phi) is 4.06. The van der Waals surface area contributed by atoms with E-state index in [1.807, 2.05) is 11.9 Å². The van der Waals surface area contributed by atoms with E-state index < -0.39 is 5.60 Å². The Bertz CT molecular complexity index is 486. The third-order valence-corrected chi connectivity index (χ3v) is 3.92. The average Bonchev–Trinajstić information content (AvgIpc) is 2.75. The van der Waals surface area contributed by atoms with Crippen LogP contribution in [0.25, 0.3) is 0 Å². The Morgan fingerprint density at radius 1 is 1.47 bits per heavy atom. The number of aliphatic hydroxyl groups is 1. The average molecular weight is 282 g/mol. The maximum absolute atomic E-state index is 13.3. The van der Waals surface area contributed by atoms with Gasteiger partial charge in [-0.25, -0.2) is 4.39 Å². The van der Waals surface area contributed by atoms with Crippen molar-refractivity contribution < 1.29 is 9.50 Å². The lowest BCUT2D eigenvalue weighted by Gasteiger charge is -2.31. The number of nitrogens with two attached hydrogens (primary N) is 1. The van der Waals surface area contributed by atoms with Crippen LogP contribution in [0.3, 0.4) is 0 Å². The predicted octanol–water partition coefficient (Wildman–Crippen LogP) is 2.20. The van der Waals surface area contributed by atoms with E-state index in [0.29, 0.717) is 12.1 Å². The molecule has 5 heteroatoms. The highest BCUT2D eigenvalue weighted by atomic mass is 32.1. The quantitative estimate of drug-likeness (QED) is 0.831. The van der Waals surface area contributed by atoms with E-state index in [1.165, 1.54) is 12.1 Å². The smallest absolute Gasteiger partial charge is 0.124 e. The fourth-order valence-electron chi connectivity index (χ4n) is 2.76. The zero-order valence-corrected chi connectivity index (χ0v) is 11.8. The fourth-order valence-corrected chi connectivity index (χ4v) is 2.92. The lowest BCUT2D eigenvalue weighted by Crippen LogP contribution is -2.39. The molecule has 2 rings (SSSR count). The molecular weight excluding hydrogens is 263 g/mol. The van der Waals surface area contributed by atoms with Crippen LogP contribution >= 0.6 is 12.2 Å². The van der Waals surface area contributed by atoms with Crippen LogP contribution < -0.4 is 10.6 Å². The molecular formula is C14H19FN2OS. The predicted molar refractivity (Wildman–Crippen MR) is 79.0 cm³/mol. The number of halogens is 1. The van der Waals surface area contributed by atoms with Gasteiger partial charge in [0.25, 0.3) is 0 Å². The van der Waals surface area contributed by atoms with E-state index in [4.69, 9.17) is 18.0 Å². The molecule has 1 fully saturated rings. The van der Waals surface area contributed by atoms with Gasteiger partial charge in [0.2, 0.25) is 0 Å². The van der Waals surface area contributed by atoms with E-state index in [9.17, 15) is 9.50 Å². The van der Waals surface area contributed by atoms with E-state index in [1.54, 1.807) is 6.07 Å². The van der Waals surface area contributed by atoms with Crippen molar-refractivity contribution >= 4 is 22.9 Å². The number of anilines is 1. The number of thiocarbonyl (C=S) groups is 1. The van der Waals surface area contributed by atoms with Gasteiger partial charge in [0.1, 0.15) is 10.8 Å². The molecule has 19 heavy (non-hydrogen) atoms. The van der Waals surface area contributed by atoms with Crippen LogP contribution in [0.5, 0.6) is 0 Å². The number of rotatable bonds is 4. The molecule has 1 saturated carbocycles. The number of hydrogen-bond acceptors (Lipinski definition) is 3. The molecule has 0 spiro atoms. The van der Waals surface area contributed by atoms with Crippen LogP contribution in [-0.4, -0.2) is 29.3 Å². The molecule has 1 aliphatic carbocycles. The van der Waals surface area contributed by atoms with Crippen LogP contribution in [0.15, 0.2) is 18.2 Å². The summed E-state index contributed by atoms with van der Waals surface area (Å²) in [7, 11) is 1.87. The van der Waals surface area contributed by atoms with Crippen LogP contribution in [0.2, 0.25) is 0 Å². The van der Waals surface area contributed by atoms with Crippen LogP contribution in [0, 0.1) is 5.82 Å². The van der Waals surface area contributed by atoms with Gasteiger partial charge < -0.3 is 15.7 Å². The highest BCUT2D eigenvalue weighted by Gasteiger charge is 2.32. The molecule has 1 aromatic rings. The minimum Gasteiger partial charge on any atom is -0.389 e. The molecule has 0 atom stereocenters. The first-order chi connectivity index (χ1) is 8.91. The second-order valence-electron chi connectivity index (χ2n) is 5.31. The highest BCUT2D eigenvalue weighted by molar-refractivity contribution is 7.80. The number of likely N-dealkylation sites (N-methyl/N-ethyl adjacent to an activating group) is 1. The molecule has 104 valence electrons. The van der Waals surface area contributed by atoms with Crippen molar-refractivity contribution in [3.05, 3.63) is 29.6 Å². The first kappa shape index (κ1) is 14.2. The van der Waals surface area contributed by atoms with Crippen molar-refractivity contribution in [2.75, 3.05) is 18.5 Å². The first-order valence-electron chi connectivity index (χ1n) is 6.44. The molecule has 3 N–H and O–H groups in total. The second kappa shape index (κ2) is 5.43. The summed E-state index contributed by atoms with van der Waals surface area (Å²) in [4.78, 5) is 2.07. The number of nitrogens with zero attached hydrogens (tertiary/aromatic N) is 1. The molecule has 1 aromatic carbocycles. The van der Waals surface area contributed by atoms with Gasteiger partial charge in [-0.15, -0.1) is 0 Å². The number of hydrogen-bond donors (Lipinski definition) is 2. The molecule has 3 nitrogen and oxygen atoms in total. The van der Waals surface area contributed by atoms with Gasteiger partial charge in [0.05, 0.1) is 5.60 Å². The Morgan fingerprint density at radius 2 is 2.11 bits per heavy atom. The standard InChI is InChI=1S/C14H19FN2OS/c1-17(9-14(18)6-2-3-7-14)12-5-4-10(15)8-11(12)13(16)19/h4-5,8,18H,2-3,6-7,9H2,1H3,(H2,16,19). The molecule has 0 saturated heterocycles. The Hall–Kier alpha value is -1.20. The second-order valence-corrected chi connectivity index (χ2v) is 5.75. The van der Waals surface area contributed by atoms with Crippen molar-refractivity contribution in [1.82, 2.24) is 0 Å². The lowest BCUT2D eigenvalue weighted by atomic mass is 10.0. The van der Waals surface area contributed by atoms with Gasteiger partial charge in [-0.1, -0.05) is 25.1 Å². The Labute approximate surface area is 118 Å². The van der Waals surface area contributed by atoms with Gasteiger partial charge in [-0.3, -0.25) is 0 Å². The molecule has 0 aliphatic heterocycles. The summed E-state index contributed by atoms with van der Waals surface area (Å²) >= 11 is 4.96. The summed E-state index contributed by atoms with van der Waals surface area (Å²) in [6, 6.07) is 4.38. The van der Waals surface area contributed by atoms with E-state index in [-0.39, 0.29) is 10.8 Å². The Balaban J connectivity index is 2.23. The van der Waals surface area contributed by atoms with Crippen molar-refractivity contribution in [2.45, 2.75) is 31.3 Å². The van der Waals surface area contributed by atoms with Gasteiger partial charge in [0.15, 0.2) is 0 Å². The lowest BCUT2D eigenvalue weighted by molar-refractivity contribution is 0.0559. The number of benzene rings is 1. The molecule has 0 amide bonds. The van der Waals surface area contributed by atoms with Crippen LogP contribution in [0.4, 0.5) is 10.1 Å². The SMILES string of the molecule is CN(CC1(O)CCCC1)c1ccc(F)cc1C(N)=S. The van der Waals surface area contributed by atoms with Crippen molar-refractivity contribution in [3.8, 4) is 0 Å². The van der Waals surface area contributed by atoms with Crippen LogP contribution in [0.1, 0.15) is 31.2 Å². The third kappa shape index (κ3) is 3.22. The summed E-state index contributed by atoms with van der Waals surface area (Å²) in [5.41, 5.74) is 6.25. The summed E-state index contributed by atoms with van der Waals surface area (Å²) in [6.07, 6.45) is 3.72. The van der Waals surface area contributed by atoms with Crippen molar-refractivity contribution in [2.24, 2.45) is 5.73 Å². The summed E-state index contributed by atoms with van der Waals surface area (Å²) in [5, 5.41) is 10.4.